The quantitative estimate of drug-likeness (QED) is 0.439. The van der Waals surface area contributed by atoms with Crippen LogP contribution in [0.5, 0.6) is 0 Å². The molecule has 1 nitrogen and oxygen atoms in total. The number of aryl methyl sites for hydroxylation is 1. The standard InChI is InChI=1S/C26H31N/c1-22-12-7-8-15-25(22)17-16-23-13-11-14-24(20-23)21-27(5)19-10-6-9-18-26(2,3)4/h6-8,10-17,20H,19,21H2,1-5H3/b10-6+,17-16?. The molecule has 0 fully saturated rings. The molecule has 0 unspecified atom stereocenters. The molecular weight excluding hydrogens is 326 g/mol. The molecule has 0 aromatic heterocycles. The Morgan fingerprint density at radius 3 is 2.52 bits per heavy atom. The Hall–Kier alpha value is -2.56. The summed E-state index contributed by atoms with van der Waals surface area (Å²) in [4.78, 5) is 2.29. The van der Waals surface area contributed by atoms with E-state index < -0.39 is 0 Å². The second-order valence-electron chi connectivity index (χ2n) is 8.05. The summed E-state index contributed by atoms with van der Waals surface area (Å²) in [5.41, 5.74) is 5.17. The molecule has 140 valence electrons. The minimum absolute atomic E-state index is 0.0580. The van der Waals surface area contributed by atoms with E-state index in [4.69, 9.17) is 0 Å². The van der Waals surface area contributed by atoms with Crippen molar-refractivity contribution in [2.24, 2.45) is 5.41 Å². The van der Waals surface area contributed by atoms with Gasteiger partial charge in [0.1, 0.15) is 0 Å². The van der Waals surface area contributed by atoms with Crippen LogP contribution in [0.4, 0.5) is 0 Å². The number of hydrogen-bond donors (Lipinski definition) is 0. The fraction of sp³-hybridized carbons (Fsp3) is 0.308. The smallest absolute Gasteiger partial charge is 0.0234 e. The van der Waals surface area contributed by atoms with Crippen molar-refractivity contribution in [2.75, 3.05) is 13.6 Å². The predicted molar refractivity (Wildman–Crippen MR) is 119 cm³/mol. The molecule has 0 atom stereocenters. The third-order valence-electron chi connectivity index (χ3n) is 4.11. The van der Waals surface area contributed by atoms with Crippen molar-refractivity contribution in [2.45, 2.75) is 34.2 Å². The van der Waals surface area contributed by atoms with Crippen molar-refractivity contribution in [3.63, 3.8) is 0 Å². The zero-order valence-corrected chi connectivity index (χ0v) is 17.3. The maximum atomic E-state index is 3.22. The second kappa shape index (κ2) is 9.95. The summed E-state index contributed by atoms with van der Waals surface area (Å²) < 4.78 is 0. The minimum atomic E-state index is 0.0580. The lowest BCUT2D eigenvalue weighted by atomic mass is 9.98. The topological polar surface area (TPSA) is 3.24 Å². The maximum absolute atomic E-state index is 3.22. The van der Waals surface area contributed by atoms with Crippen molar-refractivity contribution in [1.82, 2.24) is 4.90 Å². The summed E-state index contributed by atoms with van der Waals surface area (Å²) in [7, 11) is 2.14. The highest BCUT2D eigenvalue weighted by molar-refractivity contribution is 5.71. The van der Waals surface area contributed by atoms with Crippen molar-refractivity contribution in [3.8, 4) is 11.8 Å². The van der Waals surface area contributed by atoms with E-state index in [9.17, 15) is 0 Å². The van der Waals surface area contributed by atoms with Crippen molar-refractivity contribution >= 4 is 12.2 Å². The molecular formula is C26H31N. The van der Waals surface area contributed by atoms with Crippen molar-refractivity contribution in [1.29, 1.82) is 0 Å². The summed E-state index contributed by atoms with van der Waals surface area (Å²) in [5.74, 6) is 6.35. The van der Waals surface area contributed by atoms with Crippen LogP contribution >= 0.6 is 0 Å². The van der Waals surface area contributed by atoms with E-state index >= 15 is 0 Å². The van der Waals surface area contributed by atoms with Gasteiger partial charge >= 0.3 is 0 Å². The molecule has 0 aliphatic carbocycles. The van der Waals surface area contributed by atoms with Crippen LogP contribution in [-0.2, 0) is 6.54 Å². The first-order valence-corrected chi connectivity index (χ1v) is 9.52. The third kappa shape index (κ3) is 8.11. The lowest BCUT2D eigenvalue weighted by molar-refractivity contribution is 0.363. The minimum Gasteiger partial charge on any atom is -0.298 e. The van der Waals surface area contributed by atoms with E-state index in [1.807, 2.05) is 6.08 Å². The maximum Gasteiger partial charge on any atom is 0.0234 e. The van der Waals surface area contributed by atoms with Crippen LogP contribution in [0, 0.1) is 24.2 Å². The summed E-state index contributed by atoms with van der Waals surface area (Å²) in [6.45, 7) is 10.3. The van der Waals surface area contributed by atoms with E-state index in [-0.39, 0.29) is 5.41 Å². The molecule has 0 spiro atoms. The second-order valence-corrected chi connectivity index (χ2v) is 8.05. The summed E-state index contributed by atoms with van der Waals surface area (Å²) >= 11 is 0. The van der Waals surface area contributed by atoms with Gasteiger partial charge in [-0.2, -0.15) is 0 Å². The van der Waals surface area contributed by atoms with Crippen LogP contribution in [0.2, 0.25) is 0 Å². The molecule has 0 saturated heterocycles. The molecule has 0 amide bonds. The van der Waals surface area contributed by atoms with E-state index in [1.165, 1.54) is 22.3 Å². The van der Waals surface area contributed by atoms with Gasteiger partial charge in [-0.1, -0.05) is 78.6 Å². The highest BCUT2D eigenvalue weighted by atomic mass is 15.1. The van der Waals surface area contributed by atoms with Gasteiger partial charge in [0.15, 0.2) is 0 Å². The largest absolute Gasteiger partial charge is 0.298 e. The van der Waals surface area contributed by atoms with Crippen LogP contribution in [0.1, 0.15) is 43.0 Å². The molecule has 1 heteroatoms. The summed E-state index contributed by atoms with van der Waals surface area (Å²) in [6.07, 6.45) is 8.46. The number of nitrogens with zero attached hydrogens (tertiary/aromatic N) is 1. The monoisotopic (exact) mass is 357 g/mol. The molecule has 0 N–H and O–H groups in total. The Balaban J connectivity index is 1.94. The van der Waals surface area contributed by atoms with Crippen LogP contribution in [0.15, 0.2) is 60.7 Å². The summed E-state index contributed by atoms with van der Waals surface area (Å²) in [5, 5.41) is 0. The van der Waals surface area contributed by atoms with Crippen molar-refractivity contribution in [3.05, 3.63) is 82.9 Å². The predicted octanol–water partition coefficient (Wildman–Crippen LogP) is 6.20. The molecule has 0 aliphatic heterocycles. The van der Waals surface area contributed by atoms with Crippen LogP contribution in [0.25, 0.3) is 12.2 Å². The van der Waals surface area contributed by atoms with Crippen molar-refractivity contribution < 1.29 is 0 Å². The Morgan fingerprint density at radius 2 is 1.78 bits per heavy atom. The SMILES string of the molecule is Cc1ccccc1C=Cc1cccc(CN(C)C/C=C/C#CC(C)(C)C)c1. The lowest BCUT2D eigenvalue weighted by Gasteiger charge is -2.14. The van der Waals surface area contributed by atoms with E-state index in [2.05, 4.69) is 118 Å². The fourth-order valence-corrected chi connectivity index (χ4v) is 2.68. The van der Waals surface area contributed by atoms with E-state index in [0.717, 1.165) is 13.1 Å². The van der Waals surface area contributed by atoms with Crippen LogP contribution in [-0.4, -0.2) is 18.5 Å². The van der Waals surface area contributed by atoms with Gasteiger partial charge in [-0.05, 0) is 63.1 Å². The Kier molecular flexibility index (Phi) is 7.65. The molecule has 2 aromatic rings. The van der Waals surface area contributed by atoms with Gasteiger partial charge in [-0.25, -0.2) is 0 Å². The van der Waals surface area contributed by atoms with Gasteiger partial charge < -0.3 is 0 Å². The highest BCUT2D eigenvalue weighted by Gasteiger charge is 2.02. The van der Waals surface area contributed by atoms with Gasteiger partial charge in [-0.15, -0.1) is 0 Å². The van der Waals surface area contributed by atoms with Crippen LogP contribution in [0.3, 0.4) is 0 Å². The van der Waals surface area contributed by atoms with E-state index in [0.29, 0.717) is 0 Å². The number of hydrogen-bond acceptors (Lipinski definition) is 1. The molecule has 0 bridgehead atoms. The third-order valence-corrected chi connectivity index (χ3v) is 4.11. The van der Waals surface area contributed by atoms with Gasteiger partial charge in [-0.3, -0.25) is 4.90 Å². The molecule has 27 heavy (non-hydrogen) atoms. The van der Waals surface area contributed by atoms with Gasteiger partial charge in [0, 0.05) is 18.5 Å². The molecule has 0 heterocycles. The number of benzene rings is 2. The first-order chi connectivity index (χ1) is 12.8. The molecule has 2 rings (SSSR count). The zero-order chi connectivity index (χ0) is 19.7. The van der Waals surface area contributed by atoms with E-state index in [1.54, 1.807) is 0 Å². The lowest BCUT2D eigenvalue weighted by Crippen LogP contribution is -2.17. The first kappa shape index (κ1) is 20.7. The van der Waals surface area contributed by atoms with Gasteiger partial charge in [0.25, 0.3) is 0 Å². The Labute approximate surface area is 165 Å². The molecule has 2 aromatic carbocycles. The highest BCUT2D eigenvalue weighted by Crippen LogP contribution is 2.14. The normalized spacial score (nSPS) is 11.9. The Bertz CT molecular complexity index is 854. The number of allylic oxidation sites excluding steroid dienone is 1. The average molecular weight is 358 g/mol. The summed E-state index contributed by atoms with van der Waals surface area (Å²) in [6, 6.07) is 17.2. The average Bonchev–Trinajstić information content (AvgIpc) is 2.60. The van der Waals surface area contributed by atoms with Crippen LogP contribution < -0.4 is 0 Å². The number of rotatable bonds is 6. The fourth-order valence-electron chi connectivity index (χ4n) is 2.68. The zero-order valence-electron chi connectivity index (χ0n) is 17.3. The van der Waals surface area contributed by atoms with Gasteiger partial charge in [0.05, 0.1) is 0 Å². The number of likely N-dealkylation sites (N-methyl/N-ethyl adjacent to an activating group) is 1. The molecule has 0 radical (unpaired) electrons. The molecule has 0 saturated carbocycles. The molecule has 0 aliphatic rings. The van der Waals surface area contributed by atoms with Gasteiger partial charge in [0.2, 0.25) is 0 Å². The Morgan fingerprint density at radius 1 is 1.00 bits per heavy atom. The first-order valence-electron chi connectivity index (χ1n) is 9.52.